The molecule has 0 fully saturated rings. The van der Waals surface area contributed by atoms with E-state index in [2.05, 4.69) is 5.32 Å². The van der Waals surface area contributed by atoms with Gasteiger partial charge in [-0.2, -0.15) is 0 Å². The molecular weight excluding hydrogens is 377 g/mol. The van der Waals surface area contributed by atoms with Crippen LogP contribution in [0.4, 0.5) is 11.4 Å². The van der Waals surface area contributed by atoms with Gasteiger partial charge in [-0.15, -0.1) is 0 Å². The van der Waals surface area contributed by atoms with Gasteiger partial charge < -0.3 is 19.9 Å². The molecule has 1 heterocycles. The maximum Gasteiger partial charge on any atom is 0.276 e. The molecule has 0 spiro atoms. The van der Waals surface area contributed by atoms with Crippen molar-refractivity contribution in [3.63, 3.8) is 0 Å². The van der Waals surface area contributed by atoms with E-state index < -0.39 is 15.8 Å². The molecule has 6 nitrogen and oxygen atoms in total. The molecule has 1 aromatic rings. The Bertz CT molecular complexity index is 647. The maximum atomic E-state index is 12.4. The number of rotatable bonds is 4. The van der Waals surface area contributed by atoms with Crippen LogP contribution in [0.15, 0.2) is 18.2 Å². The number of nitrogens with zero attached hydrogens (tertiary/aromatic N) is 2. The quantitative estimate of drug-likeness (QED) is 0.798. The van der Waals surface area contributed by atoms with Crippen LogP contribution < -0.4 is 15.0 Å². The number of carbonyl (C=O) groups is 2. The minimum atomic E-state index is -2.06. The highest BCUT2D eigenvalue weighted by Crippen LogP contribution is 2.37. The van der Waals surface area contributed by atoms with Crippen LogP contribution in [-0.2, 0) is 9.59 Å². The van der Waals surface area contributed by atoms with Gasteiger partial charge in [0.05, 0.1) is 5.69 Å². The first kappa shape index (κ1) is 19.1. The van der Waals surface area contributed by atoms with E-state index in [0.29, 0.717) is 30.2 Å². The summed E-state index contributed by atoms with van der Waals surface area (Å²) >= 11 is 16.6. The summed E-state index contributed by atoms with van der Waals surface area (Å²) in [5.41, 5.74) is 1.06. The molecule has 0 saturated carbocycles. The van der Waals surface area contributed by atoms with Gasteiger partial charge in [0.2, 0.25) is 0 Å². The van der Waals surface area contributed by atoms with Crippen LogP contribution in [0.1, 0.15) is 6.92 Å². The standard InChI is InChI=1S/C15H18Cl3N3O3/c1-9-13(22)21(7-6-20(2)3)11-5-4-10(8-12(11)24-9)19-14(23)15(16,17)18/h4-5,8-9H,6-7H2,1-3H3,(H,19,23). The zero-order valence-electron chi connectivity index (χ0n) is 13.5. The first-order chi connectivity index (χ1) is 11.1. The largest absolute Gasteiger partial charge is 0.479 e. The van der Waals surface area contributed by atoms with Crippen molar-refractivity contribution in [3.05, 3.63) is 18.2 Å². The highest BCUT2D eigenvalue weighted by molar-refractivity contribution is 6.76. The monoisotopic (exact) mass is 393 g/mol. The minimum Gasteiger partial charge on any atom is -0.479 e. The normalized spacial score (nSPS) is 17.5. The van der Waals surface area contributed by atoms with Gasteiger partial charge in [-0.05, 0) is 33.2 Å². The van der Waals surface area contributed by atoms with E-state index in [-0.39, 0.29) is 5.91 Å². The molecule has 0 radical (unpaired) electrons. The van der Waals surface area contributed by atoms with Crippen molar-refractivity contribution in [2.75, 3.05) is 37.4 Å². The second kappa shape index (κ2) is 7.35. The van der Waals surface area contributed by atoms with Crippen LogP contribution in [0, 0.1) is 0 Å². The predicted octanol–water partition coefficient (Wildman–Crippen LogP) is 2.67. The fraction of sp³-hybridized carbons (Fsp3) is 0.467. The number of fused-ring (bicyclic) bond motifs is 1. The lowest BCUT2D eigenvalue weighted by Crippen LogP contribution is -2.46. The Balaban J connectivity index is 2.26. The number of nitrogens with one attached hydrogen (secondary N) is 1. The Morgan fingerprint density at radius 2 is 2.04 bits per heavy atom. The number of likely N-dealkylation sites (N-methyl/N-ethyl adjacent to an activating group) is 1. The van der Waals surface area contributed by atoms with Crippen molar-refractivity contribution in [2.24, 2.45) is 0 Å². The Labute approximate surface area is 155 Å². The van der Waals surface area contributed by atoms with Crippen molar-refractivity contribution < 1.29 is 14.3 Å². The summed E-state index contributed by atoms with van der Waals surface area (Å²) in [6.45, 7) is 2.93. The van der Waals surface area contributed by atoms with Crippen LogP contribution in [0.25, 0.3) is 0 Å². The number of carbonyl (C=O) groups excluding carboxylic acids is 2. The van der Waals surface area contributed by atoms with E-state index in [0.717, 1.165) is 0 Å². The molecule has 1 aliphatic rings. The first-order valence-electron chi connectivity index (χ1n) is 7.24. The summed E-state index contributed by atoms with van der Waals surface area (Å²) in [7, 11) is 3.87. The minimum absolute atomic E-state index is 0.109. The van der Waals surface area contributed by atoms with Crippen LogP contribution in [0.3, 0.4) is 0 Å². The van der Waals surface area contributed by atoms with Crippen LogP contribution in [0.5, 0.6) is 5.75 Å². The number of alkyl halides is 3. The predicted molar refractivity (Wildman–Crippen MR) is 96.4 cm³/mol. The van der Waals surface area contributed by atoms with Gasteiger partial charge in [0.1, 0.15) is 5.75 Å². The molecule has 1 atom stereocenters. The van der Waals surface area contributed by atoms with Gasteiger partial charge in [-0.25, -0.2) is 0 Å². The SMILES string of the molecule is CC1Oc2cc(NC(=O)C(Cl)(Cl)Cl)ccc2N(CCN(C)C)C1=O. The summed E-state index contributed by atoms with van der Waals surface area (Å²) in [6, 6.07) is 4.93. The lowest BCUT2D eigenvalue weighted by molar-refractivity contribution is -0.125. The summed E-state index contributed by atoms with van der Waals surface area (Å²) in [6.07, 6.45) is -0.612. The van der Waals surface area contributed by atoms with Crippen LogP contribution >= 0.6 is 34.8 Å². The molecule has 24 heavy (non-hydrogen) atoms. The van der Waals surface area contributed by atoms with Crippen LogP contribution in [-0.4, -0.2) is 53.8 Å². The van der Waals surface area contributed by atoms with Gasteiger partial charge >= 0.3 is 0 Å². The molecule has 2 amide bonds. The van der Waals surface area contributed by atoms with E-state index in [1.165, 1.54) is 0 Å². The Morgan fingerprint density at radius 1 is 1.38 bits per heavy atom. The molecule has 0 aliphatic carbocycles. The van der Waals surface area contributed by atoms with Gasteiger partial charge in [0.25, 0.3) is 15.6 Å². The highest BCUT2D eigenvalue weighted by atomic mass is 35.6. The van der Waals surface area contributed by atoms with Crippen molar-refractivity contribution in [1.29, 1.82) is 0 Å². The smallest absolute Gasteiger partial charge is 0.276 e. The molecule has 9 heteroatoms. The number of hydrogen-bond donors (Lipinski definition) is 1. The molecule has 1 N–H and O–H groups in total. The molecule has 0 bridgehead atoms. The van der Waals surface area contributed by atoms with Crippen molar-refractivity contribution in [3.8, 4) is 5.75 Å². The third-order valence-corrected chi connectivity index (χ3v) is 3.97. The number of anilines is 2. The zero-order valence-corrected chi connectivity index (χ0v) is 15.7. The second-order valence-corrected chi connectivity index (χ2v) is 7.97. The van der Waals surface area contributed by atoms with Crippen molar-refractivity contribution in [1.82, 2.24) is 4.90 Å². The summed E-state index contributed by atoms with van der Waals surface area (Å²) < 4.78 is 3.58. The lowest BCUT2D eigenvalue weighted by Gasteiger charge is -2.34. The van der Waals surface area contributed by atoms with E-state index in [1.807, 2.05) is 19.0 Å². The second-order valence-electron chi connectivity index (χ2n) is 5.69. The molecule has 1 aromatic carbocycles. The first-order valence-corrected chi connectivity index (χ1v) is 8.38. The molecule has 1 aliphatic heterocycles. The number of amides is 2. The van der Waals surface area contributed by atoms with Crippen molar-refractivity contribution in [2.45, 2.75) is 16.8 Å². The zero-order chi connectivity index (χ0) is 18.1. The summed E-state index contributed by atoms with van der Waals surface area (Å²) in [4.78, 5) is 27.8. The van der Waals surface area contributed by atoms with Crippen molar-refractivity contribution >= 4 is 58.0 Å². The van der Waals surface area contributed by atoms with Crippen LogP contribution in [0.2, 0.25) is 0 Å². The van der Waals surface area contributed by atoms with Gasteiger partial charge in [-0.1, -0.05) is 34.8 Å². The summed E-state index contributed by atoms with van der Waals surface area (Å²) in [5.74, 6) is -0.387. The number of ether oxygens (including phenoxy) is 1. The van der Waals surface area contributed by atoms with Gasteiger partial charge in [-0.3, -0.25) is 9.59 Å². The Kier molecular flexibility index (Phi) is 5.86. The molecule has 2 rings (SSSR count). The summed E-state index contributed by atoms with van der Waals surface area (Å²) in [5, 5.41) is 2.50. The van der Waals surface area contributed by atoms with E-state index >= 15 is 0 Å². The molecule has 1 unspecified atom stereocenters. The molecule has 0 aromatic heterocycles. The third kappa shape index (κ3) is 4.45. The molecule has 132 valence electrons. The number of benzene rings is 1. The fourth-order valence-corrected chi connectivity index (χ4v) is 2.36. The van der Waals surface area contributed by atoms with E-state index in [9.17, 15) is 9.59 Å². The van der Waals surface area contributed by atoms with Gasteiger partial charge in [0.15, 0.2) is 6.10 Å². The van der Waals surface area contributed by atoms with E-state index in [4.69, 9.17) is 39.5 Å². The highest BCUT2D eigenvalue weighted by Gasteiger charge is 2.33. The number of hydrogen-bond acceptors (Lipinski definition) is 4. The Morgan fingerprint density at radius 3 is 2.62 bits per heavy atom. The average molecular weight is 395 g/mol. The fourth-order valence-electron chi connectivity index (χ4n) is 2.22. The Hall–Kier alpha value is -1.21. The maximum absolute atomic E-state index is 12.4. The number of halogens is 3. The average Bonchev–Trinajstić information content (AvgIpc) is 2.46. The topological polar surface area (TPSA) is 61.9 Å². The molecule has 0 saturated heterocycles. The lowest BCUT2D eigenvalue weighted by atomic mass is 10.1. The molecular formula is C15H18Cl3N3O3. The van der Waals surface area contributed by atoms with E-state index in [1.54, 1.807) is 30.0 Å². The van der Waals surface area contributed by atoms with Gasteiger partial charge in [0, 0.05) is 24.8 Å². The third-order valence-electron chi connectivity index (χ3n) is 3.45.